The summed E-state index contributed by atoms with van der Waals surface area (Å²) in [5.41, 5.74) is 5.07. The molecular weight excluding hydrogens is 190 g/mol. The molecule has 0 radical (unpaired) electrons. The van der Waals surface area contributed by atoms with Gasteiger partial charge < -0.3 is 5.73 Å². The lowest BCUT2D eigenvalue weighted by molar-refractivity contribution is 1.11. The number of nitrogens with one attached hydrogen (secondary N) is 1. The van der Waals surface area contributed by atoms with Crippen LogP contribution in [0.3, 0.4) is 0 Å². The first-order valence-corrected chi connectivity index (χ1v) is 4.27. The average molecular weight is 201 g/mol. The predicted molar refractivity (Wildman–Crippen MR) is 57.3 cm³/mol. The SMILES string of the molecule is N=C(N)c1ncccn1.c1ccncc1. The molecule has 3 N–H and O–H groups in total. The third-order valence-electron chi connectivity index (χ3n) is 1.37. The fourth-order valence-corrected chi connectivity index (χ4v) is 0.751. The lowest BCUT2D eigenvalue weighted by Crippen LogP contribution is -2.14. The largest absolute Gasteiger partial charge is 0.381 e. The molecule has 0 saturated heterocycles. The van der Waals surface area contributed by atoms with Gasteiger partial charge in [-0.15, -0.1) is 0 Å². The minimum absolute atomic E-state index is 0.101. The van der Waals surface area contributed by atoms with E-state index < -0.39 is 0 Å². The van der Waals surface area contributed by atoms with Crippen LogP contribution >= 0.6 is 0 Å². The van der Waals surface area contributed by atoms with Gasteiger partial charge in [-0.2, -0.15) is 0 Å². The zero-order chi connectivity index (χ0) is 10.9. The second-order valence-electron chi connectivity index (χ2n) is 2.51. The molecule has 5 nitrogen and oxygen atoms in total. The highest BCUT2D eigenvalue weighted by Gasteiger charge is 1.93. The molecule has 0 amide bonds. The fourth-order valence-electron chi connectivity index (χ4n) is 0.751. The Morgan fingerprint density at radius 3 is 1.80 bits per heavy atom. The number of amidine groups is 1. The number of pyridine rings is 1. The molecule has 0 aliphatic rings. The molecule has 0 fully saturated rings. The molecule has 2 aromatic rings. The second kappa shape index (κ2) is 6.20. The first-order valence-electron chi connectivity index (χ1n) is 4.27. The quantitative estimate of drug-likeness (QED) is 0.528. The molecule has 0 atom stereocenters. The standard InChI is InChI=1S/C5H6N4.C5H5N/c6-4(7)5-8-2-1-3-9-5;1-2-4-6-5-3-1/h1-3H,(H3,6,7);1-5H. The van der Waals surface area contributed by atoms with E-state index in [1.165, 1.54) is 0 Å². The molecule has 0 aliphatic carbocycles. The molecule has 2 aromatic heterocycles. The van der Waals surface area contributed by atoms with Gasteiger partial charge in [0.1, 0.15) is 0 Å². The van der Waals surface area contributed by atoms with Gasteiger partial charge in [0.05, 0.1) is 0 Å². The molecule has 76 valence electrons. The Bertz CT molecular complexity index is 360. The molecule has 0 spiro atoms. The van der Waals surface area contributed by atoms with Gasteiger partial charge in [0.25, 0.3) is 0 Å². The Kier molecular flexibility index (Phi) is 4.45. The number of nitrogens with zero attached hydrogens (tertiary/aromatic N) is 3. The maximum Gasteiger partial charge on any atom is 0.194 e. The summed E-state index contributed by atoms with van der Waals surface area (Å²) in [6.45, 7) is 0. The van der Waals surface area contributed by atoms with Crippen molar-refractivity contribution in [3.63, 3.8) is 0 Å². The van der Waals surface area contributed by atoms with Crippen LogP contribution in [0.25, 0.3) is 0 Å². The van der Waals surface area contributed by atoms with Crippen molar-refractivity contribution in [3.8, 4) is 0 Å². The molecule has 2 heterocycles. The van der Waals surface area contributed by atoms with E-state index in [0.29, 0.717) is 0 Å². The van der Waals surface area contributed by atoms with Crippen molar-refractivity contribution in [1.29, 1.82) is 5.41 Å². The van der Waals surface area contributed by atoms with Crippen molar-refractivity contribution in [3.05, 3.63) is 54.9 Å². The molecule has 15 heavy (non-hydrogen) atoms. The van der Waals surface area contributed by atoms with Crippen molar-refractivity contribution in [2.45, 2.75) is 0 Å². The average Bonchev–Trinajstić information content (AvgIpc) is 2.33. The first kappa shape index (κ1) is 10.8. The van der Waals surface area contributed by atoms with Crippen molar-refractivity contribution < 1.29 is 0 Å². The number of aromatic nitrogens is 3. The van der Waals surface area contributed by atoms with Gasteiger partial charge in [-0.3, -0.25) is 10.4 Å². The highest BCUT2D eigenvalue weighted by atomic mass is 14.9. The summed E-state index contributed by atoms with van der Waals surface area (Å²) < 4.78 is 0. The zero-order valence-electron chi connectivity index (χ0n) is 8.04. The maximum absolute atomic E-state index is 6.89. The molecule has 0 aromatic carbocycles. The Balaban J connectivity index is 0.000000162. The van der Waals surface area contributed by atoms with Gasteiger partial charge in [-0.25, -0.2) is 9.97 Å². The Hall–Kier alpha value is -2.30. The molecular formula is C10H11N5. The van der Waals surface area contributed by atoms with Gasteiger partial charge in [0.15, 0.2) is 11.7 Å². The van der Waals surface area contributed by atoms with Gasteiger partial charge in [-0.1, -0.05) is 6.07 Å². The lowest BCUT2D eigenvalue weighted by Gasteiger charge is -1.90. The first-order chi connectivity index (χ1) is 7.30. The predicted octanol–water partition coefficient (Wildman–Crippen LogP) is 0.842. The summed E-state index contributed by atoms with van der Waals surface area (Å²) in [7, 11) is 0. The smallest absolute Gasteiger partial charge is 0.194 e. The van der Waals surface area contributed by atoms with Crippen molar-refractivity contribution in [1.82, 2.24) is 15.0 Å². The van der Waals surface area contributed by atoms with Crippen LogP contribution in [0, 0.1) is 5.41 Å². The van der Waals surface area contributed by atoms with E-state index in [1.54, 1.807) is 30.9 Å². The normalized spacial score (nSPS) is 8.53. The number of nitrogens with two attached hydrogens (primary N) is 1. The summed E-state index contributed by atoms with van der Waals surface area (Å²) in [4.78, 5) is 11.2. The number of nitrogen functional groups attached to an aromatic ring is 1. The van der Waals surface area contributed by atoms with Gasteiger partial charge in [-0.05, 0) is 18.2 Å². The molecule has 0 bridgehead atoms. The van der Waals surface area contributed by atoms with Gasteiger partial charge in [0, 0.05) is 24.8 Å². The van der Waals surface area contributed by atoms with Crippen LogP contribution in [-0.2, 0) is 0 Å². The summed E-state index contributed by atoms with van der Waals surface area (Å²) in [5.74, 6) is 0.174. The summed E-state index contributed by atoms with van der Waals surface area (Å²) in [5, 5.41) is 6.89. The van der Waals surface area contributed by atoms with Gasteiger partial charge >= 0.3 is 0 Å². The third-order valence-corrected chi connectivity index (χ3v) is 1.37. The highest BCUT2D eigenvalue weighted by Crippen LogP contribution is 1.82. The van der Waals surface area contributed by atoms with Crippen molar-refractivity contribution in [2.24, 2.45) is 5.73 Å². The minimum Gasteiger partial charge on any atom is -0.381 e. The summed E-state index contributed by atoms with van der Waals surface area (Å²) >= 11 is 0. The highest BCUT2D eigenvalue weighted by molar-refractivity contribution is 5.90. The van der Waals surface area contributed by atoms with E-state index in [1.807, 2.05) is 18.2 Å². The zero-order valence-corrected chi connectivity index (χ0v) is 8.04. The van der Waals surface area contributed by atoms with E-state index in [-0.39, 0.29) is 11.7 Å². The maximum atomic E-state index is 6.89. The fraction of sp³-hybridized carbons (Fsp3) is 0. The van der Waals surface area contributed by atoms with Crippen molar-refractivity contribution in [2.75, 3.05) is 0 Å². The van der Waals surface area contributed by atoms with E-state index in [0.717, 1.165) is 0 Å². The van der Waals surface area contributed by atoms with Crippen LogP contribution in [0.5, 0.6) is 0 Å². The number of rotatable bonds is 1. The van der Waals surface area contributed by atoms with E-state index in [9.17, 15) is 0 Å². The van der Waals surface area contributed by atoms with Gasteiger partial charge in [0.2, 0.25) is 0 Å². The van der Waals surface area contributed by atoms with Crippen LogP contribution in [0.2, 0.25) is 0 Å². The van der Waals surface area contributed by atoms with E-state index >= 15 is 0 Å². The number of hydrogen-bond donors (Lipinski definition) is 2. The van der Waals surface area contributed by atoms with Crippen LogP contribution in [0.1, 0.15) is 5.82 Å². The lowest BCUT2D eigenvalue weighted by atomic mass is 10.5. The number of hydrogen-bond acceptors (Lipinski definition) is 4. The van der Waals surface area contributed by atoms with Crippen LogP contribution in [-0.4, -0.2) is 20.8 Å². The summed E-state index contributed by atoms with van der Waals surface area (Å²) in [6.07, 6.45) is 6.59. The van der Waals surface area contributed by atoms with Crippen molar-refractivity contribution >= 4 is 5.84 Å². The van der Waals surface area contributed by atoms with E-state index in [4.69, 9.17) is 11.1 Å². The van der Waals surface area contributed by atoms with E-state index in [2.05, 4.69) is 15.0 Å². The van der Waals surface area contributed by atoms with Crippen LogP contribution in [0.15, 0.2) is 49.1 Å². The van der Waals surface area contributed by atoms with Crippen LogP contribution < -0.4 is 5.73 Å². The molecule has 0 aliphatic heterocycles. The minimum atomic E-state index is -0.101. The monoisotopic (exact) mass is 201 g/mol. The van der Waals surface area contributed by atoms with Crippen LogP contribution in [0.4, 0.5) is 0 Å². The Morgan fingerprint density at radius 1 is 0.933 bits per heavy atom. The molecule has 5 heteroatoms. The second-order valence-corrected chi connectivity index (χ2v) is 2.51. The molecule has 2 rings (SSSR count). The molecule has 0 unspecified atom stereocenters. The Labute approximate surface area is 87.5 Å². The molecule has 0 saturated carbocycles. The third kappa shape index (κ3) is 4.47. The topological polar surface area (TPSA) is 88.5 Å². The summed E-state index contributed by atoms with van der Waals surface area (Å²) in [6, 6.07) is 7.39. The Morgan fingerprint density at radius 2 is 1.53 bits per heavy atom.